The Morgan fingerprint density at radius 1 is 1.39 bits per heavy atom. The minimum absolute atomic E-state index is 0.318. The second-order valence-electron chi connectivity index (χ2n) is 3.74. The normalized spacial score (nSPS) is 10.8. The minimum Gasteiger partial charge on any atom is -0.465 e. The van der Waals surface area contributed by atoms with E-state index in [0.29, 0.717) is 5.56 Å². The summed E-state index contributed by atoms with van der Waals surface area (Å²) < 4.78 is 4.64. The molecule has 3 heteroatoms. The second-order valence-corrected chi connectivity index (χ2v) is 3.74. The molecule has 0 saturated heterocycles. The summed E-state index contributed by atoms with van der Waals surface area (Å²) in [7, 11) is 1.37. The minimum atomic E-state index is -0.318. The summed E-state index contributed by atoms with van der Waals surface area (Å²) in [4.78, 5) is 15.2. The molecule has 0 N–H and O–H groups in total. The summed E-state index contributed by atoms with van der Waals surface area (Å²) in [6.45, 7) is 7.14. The molecule has 0 aliphatic carbocycles. The van der Waals surface area contributed by atoms with Crippen molar-refractivity contribution in [3.05, 3.63) is 59.8 Å². The smallest absolute Gasteiger partial charge is 0.337 e. The molecule has 94 valence electrons. The van der Waals surface area contributed by atoms with Gasteiger partial charge >= 0.3 is 5.97 Å². The van der Waals surface area contributed by atoms with E-state index in [2.05, 4.69) is 23.0 Å². The number of carbonyl (C=O) groups is 1. The van der Waals surface area contributed by atoms with Crippen LogP contribution in [0, 0.1) is 0 Å². The fourth-order valence-electron chi connectivity index (χ4n) is 1.55. The number of hydrogen-bond donors (Lipinski definition) is 0. The van der Waals surface area contributed by atoms with Crippen LogP contribution >= 0.6 is 0 Å². The van der Waals surface area contributed by atoms with Crippen molar-refractivity contribution in [2.75, 3.05) is 7.11 Å². The van der Waals surface area contributed by atoms with Crippen LogP contribution in [0.25, 0.3) is 0 Å². The van der Waals surface area contributed by atoms with Crippen LogP contribution in [0.3, 0.4) is 0 Å². The zero-order valence-electron chi connectivity index (χ0n) is 10.6. The molecule has 1 rings (SSSR count). The highest BCUT2D eigenvalue weighted by Crippen LogP contribution is 2.12. The van der Waals surface area contributed by atoms with Gasteiger partial charge in [0.15, 0.2) is 0 Å². The topological polar surface area (TPSA) is 38.7 Å². The van der Waals surface area contributed by atoms with E-state index in [0.717, 1.165) is 24.1 Å². The van der Waals surface area contributed by atoms with Crippen LogP contribution in [0.4, 0.5) is 0 Å². The lowest BCUT2D eigenvalue weighted by molar-refractivity contribution is 0.0600. The van der Waals surface area contributed by atoms with Crippen molar-refractivity contribution in [3.8, 4) is 0 Å². The summed E-state index contributed by atoms with van der Waals surface area (Å²) >= 11 is 0. The van der Waals surface area contributed by atoms with Gasteiger partial charge in [-0.2, -0.15) is 0 Å². The van der Waals surface area contributed by atoms with Crippen molar-refractivity contribution >= 4 is 12.7 Å². The van der Waals surface area contributed by atoms with Crippen molar-refractivity contribution in [3.63, 3.8) is 0 Å². The molecule has 1 aromatic carbocycles. The molecule has 18 heavy (non-hydrogen) atoms. The highest BCUT2D eigenvalue weighted by molar-refractivity contribution is 5.89. The molecule has 0 heterocycles. The zero-order chi connectivity index (χ0) is 13.4. The van der Waals surface area contributed by atoms with Gasteiger partial charge in [-0.15, -0.1) is 0 Å². The molecule has 0 aromatic heterocycles. The van der Waals surface area contributed by atoms with Crippen molar-refractivity contribution in [2.24, 2.45) is 4.99 Å². The number of carbonyl (C=O) groups excluding carboxylic acids is 1. The number of benzene rings is 1. The molecule has 0 aliphatic rings. The first-order chi connectivity index (χ1) is 8.71. The summed E-state index contributed by atoms with van der Waals surface area (Å²) in [6.07, 6.45) is 5.19. The van der Waals surface area contributed by atoms with Crippen LogP contribution in [-0.4, -0.2) is 19.8 Å². The molecule has 0 bridgehead atoms. The van der Waals surface area contributed by atoms with E-state index in [1.807, 2.05) is 18.2 Å². The van der Waals surface area contributed by atoms with E-state index in [1.165, 1.54) is 7.11 Å². The number of rotatable bonds is 6. The summed E-state index contributed by atoms with van der Waals surface area (Å²) in [5.41, 5.74) is 2.60. The fourth-order valence-corrected chi connectivity index (χ4v) is 1.55. The highest BCUT2D eigenvalue weighted by Gasteiger charge is 2.04. The maximum atomic E-state index is 11.3. The van der Waals surface area contributed by atoms with Crippen molar-refractivity contribution in [1.82, 2.24) is 0 Å². The summed E-state index contributed by atoms with van der Waals surface area (Å²) in [6, 6.07) is 7.36. The Balaban J connectivity index is 2.64. The molecule has 1 aromatic rings. The van der Waals surface area contributed by atoms with E-state index in [-0.39, 0.29) is 5.97 Å². The molecule has 0 aliphatic heterocycles. The van der Waals surface area contributed by atoms with Gasteiger partial charge in [-0.1, -0.05) is 24.8 Å². The third kappa shape index (κ3) is 4.01. The fraction of sp³-hybridized carbons (Fsp3) is 0.200. The van der Waals surface area contributed by atoms with Gasteiger partial charge in [0, 0.05) is 5.70 Å². The second kappa shape index (κ2) is 7.22. The first kappa shape index (κ1) is 13.9. The predicted molar refractivity (Wildman–Crippen MR) is 73.9 cm³/mol. The van der Waals surface area contributed by atoms with E-state index < -0.39 is 0 Å². The predicted octanol–water partition coefficient (Wildman–Crippen LogP) is 3.18. The van der Waals surface area contributed by atoms with Gasteiger partial charge in [0.1, 0.15) is 0 Å². The van der Waals surface area contributed by atoms with Gasteiger partial charge in [0.25, 0.3) is 0 Å². The molecule has 0 fully saturated rings. The molecular weight excluding hydrogens is 226 g/mol. The van der Waals surface area contributed by atoms with Crippen molar-refractivity contribution in [2.45, 2.75) is 12.8 Å². The maximum absolute atomic E-state index is 11.3. The third-order valence-corrected chi connectivity index (χ3v) is 2.56. The Bertz CT molecular complexity index is 458. The summed E-state index contributed by atoms with van der Waals surface area (Å²) in [5.74, 6) is -0.318. The van der Waals surface area contributed by atoms with Gasteiger partial charge in [-0.25, -0.2) is 4.79 Å². The largest absolute Gasteiger partial charge is 0.465 e. The molecule has 0 atom stereocenters. The van der Waals surface area contributed by atoms with Crippen LogP contribution in [0.5, 0.6) is 0 Å². The van der Waals surface area contributed by atoms with Gasteiger partial charge in [-0.05, 0) is 43.3 Å². The van der Waals surface area contributed by atoms with Crippen LogP contribution in [-0.2, 0) is 11.2 Å². The lowest BCUT2D eigenvalue weighted by Crippen LogP contribution is -2.00. The lowest BCUT2D eigenvalue weighted by Gasteiger charge is -2.03. The van der Waals surface area contributed by atoms with Crippen LogP contribution in [0.1, 0.15) is 22.3 Å². The Kier molecular flexibility index (Phi) is 5.58. The van der Waals surface area contributed by atoms with E-state index in [4.69, 9.17) is 0 Å². The maximum Gasteiger partial charge on any atom is 0.337 e. The van der Waals surface area contributed by atoms with Crippen molar-refractivity contribution in [1.29, 1.82) is 0 Å². The van der Waals surface area contributed by atoms with E-state index in [9.17, 15) is 4.79 Å². The number of nitrogens with zero attached hydrogens (tertiary/aromatic N) is 1. The van der Waals surface area contributed by atoms with Gasteiger partial charge in [0.05, 0.1) is 12.7 Å². The summed E-state index contributed by atoms with van der Waals surface area (Å²) in [5, 5.41) is 0. The van der Waals surface area contributed by atoms with Gasteiger partial charge < -0.3 is 4.74 Å². The molecular formula is C15H17NO2. The molecule has 0 unspecified atom stereocenters. The Morgan fingerprint density at radius 3 is 2.56 bits per heavy atom. The number of hydrogen-bond acceptors (Lipinski definition) is 3. The molecule has 0 radical (unpaired) electrons. The monoisotopic (exact) mass is 243 g/mol. The van der Waals surface area contributed by atoms with Gasteiger partial charge in [-0.3, -0.25) is 4.99 Å². The average molecular weight is 243 g/mol. The van der Waals surface area contributed by atoms with E-state index >= 15 is 0 Å². The molecule has 0 spiro atoms. The third-order valence-electron chi connectivity index (χ3n) is 2.56. The van der Waals surface area contributed by atoms with Crippen LogP contribution < -0.4 is 0 Å². The average Bonchev–Trinajstić information content (AvgIpc) is 2.43. The zero-order valence-corrected chi connectivity index (χ0v) is 10.6. The number of esters is 1. The molecule has 0 saturated carbocycles. The first-order valence-electron chi connectivity index (χ1n) is 5.67. The van der Waals surface area contributed by atoms with E-state index in [1.54, 1.807) is 18.2 Å². The SMILES string of the molecule is C=C/C=C(/CCc1ccc(C(=O)OC)cc1)N=C. The quantitative estimate of drug-likeness (QED) is 0.437. The highest BCUT2D eigenvalue weighted by atomic mass is 16.5. The van der Waals surface area contributed by atoms with Gasteiger partial charge in [0.2, 0.25) is 0 Å². The number of aliphatic imine (C=N–C) groups is 1. The Hall–Kier alpha value is -2.16. The number of methoxy groups -OCH3 is 1. The standard InChI is InChI=1S/C15H17NO2/c1-4-5-14(16-2)11-8-12-6-9-13(10-7-12)15(17)18-3/h4-7,9-10H,1-2,8,11H2,3H3/b14-5-. The molecule has 3 nitrogen and oxygen atoms in total. The first-order valence-corrected chi connectivity index (χ1v) is 5.67. The number of ether oxygens (including phenoxy) is 1. The molecule has 0 amide bonds. The number of aryl methyl sites for hydroxylation is 1. The Morgan fingerprint density at radius 2 is 2.06 bits per heavy atom. The Labute approximate surface area is 108 Å². The van der Waals surface area contributed by atoms with Crippen molar-refractivity contribution < 1.29 is 9.53 Å². The lowest BCUT2D eigenvalue weighted by atomic mass is 10.1. The number of allylic oxidation sites excluding steroid dienone is 3. The van der Waals surface area contributed by atoms with Crippen LogP contribution in [0.15, 0.2) is 53.7 Å². The van der Waals surface area contributed by atoms with Crippen LogP contribution in [0.2, 0.25) is 0 Å².